The van der Waals surface area contributed by atoms with Crippen LogP contribution in [-0.2, 0) is 12.3 Å². The first-order valence-corrected chi connectivity index (χ1v) is 6.31. The van der Waals surface area contributed by atoms with Crippen molar-refractivity contribution in [1.29, 1.82) is 0 Å². The van der Waals surface area contributed by atoms with Gasteiger partial charge in [0.25, 0.3) is 0 Å². The van der Waals surface area contributed by atoms with Crippen LogP contribution < -0.4 is 0 Å². The molecular weight excluding hydrogens is 285 g/mol. The van der Waals surface area contributed by atoms with Gasteiger partial charge < -0.3 is 0 Å². The summed E-state index contributed by atoms with van der Waals surface area (Å²) in [4.78, 5) is 0. The number of rotatable bonds is 3. The Bertz CT molecular complexity index is 571. The molecule has 0 N–H and O–H groups in total. The number of halogens is 4. The van der Waals surface area contributed by atoms with Crippen LogP contribution in [0.5, 0.6) is 0 Å². The number of aromatic nitrogens is 2. The van der Waals surface area contributed by atoms with Gasteiger partial charge in [-0.2, -0.15) is 8.78 Å². The molecule has 0 saturated heterocycles. The van der Waals surface area contributed by atoms with Gasteiger partial charge in [0.2, 0.25) is 0 Å². The maximum absolute atomic E-state index is 14.1. The van der Waals surface area contributed by atoms with Crippen molar-refractivity contribution in [2.75, 3.05) is 0 Å². The van der Waals surface area contributed by atoms with Crippen LogP contribution in [0.2, 0.25) is 5.02 Å². The number of hydrogen-bond donors (Lipinski definition) is 0. The molecule has 0 aliphatic heterocycles. The molecule has 2 aromatic rings. The summed E-state index contributed by atoms with van der Waals surface area (Å²) >= 11 is 6.27. The minimum Gasteiger partial charge on any atom is -0.205 e. The van der Waals surface area contributed by atoms with Crippen LogP contribution in [-0.4, -0.2) is 10.2 Å². The number of aryl methyl sites for hydroxylation is 1. The lowest BCUT2D eigenvalue weighted by Gasteiger charge is -2.14. The predicted molar refractivity (Wildman–Crippen MR) is 63.7 cm³/mol. The van der Waals surface area contributed by atoms with Gasteiger partial charge in [0, 0.05) is 0 Å². The van der Waals surface area contributed by atoms with Crippen LogP contribution in [0.1, 0.15) is 22.5 Å². The summed E-state index contributed by atoms with van der Waals surface area (Å²) in [6.45, 7) is 1.78. The van der Waals surface area contributed by atoms with Crippen LogP contribution in [0.3, 0.4) is 0 Å². The van der Waals surface area contributed by atoms with E-state index >= 15 is 0 Å². The Kier molecular flexibility index (Phi) is 3.59. The molecule has 0 amide bonds. The van der Waals surface area contributed by atoms with Crippen molar-refractivity contribution >= 4 is 22.9 Å². The van der Waals surface area contributed by atoms with Crippen LogP contribution >= 0.6 is 22.9 Å². The molecule has 2 rings (SSSR count). The Balaban J connectivity index is 2.50. The lowest BCUT2D eigenvalue weighted by Crippen LogP contribution is -2.17. The Morgan fingerprint density at radius 3 is 2.67 bits per heavy atom. The van der Waals surface area contributed by atoms with E-state index in [9.17, 15) is 13.2 Å². The summed E-state index contributed by atoms with van der Waals surface area (Å²) in [7, 11) is 0. The monoisotopic (exact) mass is 292 g/mol. The molecule has 0 aliphatic carbocycles. The molecule has 7 heteroatoms. The maximum atomic E-state index is 14.1. The molecule has 1 aromatic carbocycles. The molecule has 2 nitrogen and oxygen atoms in total. The fourth-order valence-corrected chi connectivity index (χ4v) is 2.33. The summed E-state index contributed by atoms with van der Waals surface area (Å²) in [5.41, 5.74) is -0.784. The molecule has 1 heterocycles. The highest BCUT2D eigenvalue weighted by Crippen LogP contribution is 2.39. The average molecular weight is 293 g/mol. The van der Waals surface area contributed by atoms with E-state index < -0.39 is 22.3 Å². The summed E-state index contributed by atoms with van der Waals surface area (Å²) in [5, 5.41) is 6.64. The third kappa shape index (κ3) is 2.22. The number of alkyl halides is 2. The minimum atomic E-state index is -3.53. The van der Waals surface area contributed by atoms with Gasteiger partial charge in [-0.05, 0) is 18.6 Å². The van der Waals surface area contributed by atoms with E-state index in [-0.39, 0.29) is 5.02 Å². The molecule has 0 radical (unpaired) electrons. The van der Waals surface area contributed by atoms with Crippen LogP contribution in [0.4, 0.5) is 13.2 Å². The van der Waals surface area contributed by atoms with E-state index in [1.165, 1.54) is 12.1 Å². The van der Waals surface area contributed by atoms with Crippen LogP contribution in [0.15, 0.2) is 18.2 Å². The van der Waals surface area contributed by atoms with Crippen molar-refractivity contribution in [1.82, 2.24) is 10.2 Å². The maximum Gasteiger partial charge on any atom is 0.328 e. The third-order valence-corrected chi connectivity index (χ3v) is 3.76. The van der Waals surface area contributed by atoms with E-state index in [2.05, 4.69) is 10.2 Å². The molecule has 0 aliphatic rings. The predicted octanol–water partition coefficient (Wildman–Crippen LogP) is 4.03. The van der Waals surface area contributed by atoms with Crippen molar-refractivity contribution in [2.24, 2.45) is 0 Å². The molecule has 0 spiro atoms. The van der Waals surface area contributed by atoms with Gasteiger partial charge in [-0.1, -0.05) is 35.9 Å². The summed E-state index contributed by atoms with van der Waals surface area (Å²) in [6.07, 6.45) is 0.506. The van der Waals surface area contributed by atoms with Crippen LogP contribution in [0.25, 0.3) is 0 Å². The van der Waals surface area contributed by atoms with E-state index in [0.717, 1.165) is 17.4 Å². The summed E-state index contributed by atoms with van der Waals surface area (Å²) < 4.78 is 41.8. The van der Waals surface area contributed by atoms with Crippen LogP contribution in [0, 0.1) is 5.82 Å². The Labute approximate surface area is 110 Å². The van der Waals surface area contributed by atoms with Gasteiger partial charge in [-0.15, -0.1) is 10.2 Å². The Hall–Kier alpha value is -1.14. The average Bonchev–Trinajstić information content (AvgIpc) is 2.81. The molecule has 0 atom stereocenters. The zero-order valence-electron chi connectivity index (χ0n) is 9.25. The molecule has 18 heavy (non-hydrogen) atoms. The highest BCUT2D eigenvalue weighted by molar-refractivity contribution is 7.11. The first-order valence-electron chi connectivity index (χ1n) is 5.12. The van der Waals surface area contributed by atoms with E-state index in [0.29, 0.717) is 11.4 Å². The van der Waals surface area contributed by atoms with Crippen molar-refractivity contribution in [3.8, 4) is 0 Å². The second kappa shape index (κ2) is 4.85. The van der Waals surface area contributed by atoms with Gasteiger partial charge in [0.15, 0.2) is 10.8 Å². The van der Waals surface area contributed by atoms with Crippen molar-refractivity contribution in [2.45, 2.75) is 19.3 Å². The first-order chi connectivity index (χ1) is 8.46. The van der Waals surface area contributed by atoms with Gasteiger partial charge in [0.1, 0.15) is 5.01 Å². The largest absolute Gasteiger partial charge is 0.328 e. The van der Waals surface area contributed by atoms with E-state index in [4.69, 9.17) is 11.6 Å². The first kappa shape index (κ1) is 13.3. The standard InChI is InChI=1S/C11H8ClF3N2S/c1-2-8-16-17-10(18-8)11(14,15)6-4-3-5-7(12)9(6)13/h3-5H,2H2,1H3. The minimum absolute atomic E-state index is 0.340. The second-order valence-corrected chi connectivity index (χ2v) is 5.00. The summed E-state index contributed by atoms with van der Waals surface area (Å²) in [5.74, 6) is -4.66. The number of benzene rings is 1. The quantitative estimate of drug-likeness (QED) is 0.853. The SMILES string of the molecule is CCc1nnc(C(F)(F)c2cccc(Cl)c2F)s1. The topological polar surface area (TPSA) is 25.8 Å². The van der Waals surface area contributed by atoms with Gasteiger partial charge in [-0.25, -0.2) is 4.39 Å². The highest BCUT2D eigenvalue weighted by Gasteiger charge is 2.41. The zero-order chi connectivity index (χ0) is 13.3. The smallest absolute Gasteiger partial charge is 0.205 e. The van der Waals surface area contributed by atoms with Crippen molar-refractivity contribution in [3.63, 3.8) is 0 Å². The van der Waals surface area contributed by atoms with Crippen molar-refractivity contribution < 1.29 is 13.2 Å². The van der Waals surface area contributed by atoms with Gasteiger partial charge in [-0.3, -0.25) is 0 Å². The third-order valence-electron chi connectivity index (χ3n) is 2.33. The molecule has 0 saturated carbocycles. The van der Waals surface area contributed by atoms with Gasteiger partial charge >= 0.3 is 5.92 Å². The molecular formula is C11H8ClF3N2S. The highest BCUT2D eigenvalue weighted by atomic mass is 35.5. The van der Waals surface area contributed by atoms with Crippen molar-refractivity contribution in [3.05, 3.63) is 44.6 Å². The lowest BCUT2D eigenvalue weighted by atomic mass is 10.1. The van der Waals surface area contributed by atoms with Gasteiger partial charge in [0.05, 0.1) is 10.6 Å². The molecule has 96 valence electrons. The Morgan fingerprint density at radius 1 is 1.33 bits per heavy atom. The molecule has 0 unspecified atom stereocenters. The molecule has 1 aromatic heterocycles. The zero-order valence-corrected chi connectivity index (χ0v) is 10.8. The van der Waals surface area contributed by atoms with E-state index in [1.54, 1.807) is 6.92 Å². The fraction of sp³-hybridized carbons (Fsp3) is 0.273. The normalized spacial score (nSPS) is 11.8. The fourth-order valence-electron chi connectivity index (χ4n) is 1.38. The van der Waals surface area contributed by atoms with E-state index in [1.807, 2.05) is 0 Å². The number of hydrogen-bond acceptors (Lipinski definition) is 3. The number of nitrogens with zero attached hydrogens (tertiary/aromatic N) is 2. The molecule has 0 fully saturated rings. The lowest BCUT2D eigenvalue weighted by molar-refractivity contribution is 0.0379. The second-order valence-electron chi connectivity index (χ2n) is 3.53. The summed E-state index contributed by atoms with van der Waals surface area (Å²) in [6, 6.07) is 3.48. The molecule has 0 bridgehead atoms. The Morgan fingerprint density at radius 2 is 2.06 bits per heavy atom.